The van der Waals surface area contributed by atoms with Gasteiger partial charge in [-0.15, -0.1) is 0 Å². The number of nitrogens with zero attached hydrogens (tertiary/aromatic N) is 2. The highest BCUT2D eigenvalue weighted by Crippen LogP contribution is 2.10. The second-order valence-electron chi connectivity index (χ2n) is 4.23. The summed E-state index contributed by atoms with van der Waals surface area (Å²) in [5.41, 5.74) is 4.53. The first-order valence-electron chi connectivity index (χ1n) is 6.30. The maximum atomic E-state index is 11.3. The molecule has 0 saturated heterocycles. The summed E-state index contributed by atoms with van der Waals surface area (Å²) < 4.78 is 5.09. The Hall–Kier alpha value is -1.88. The smallest absolute Gasteiger partial charge is 0.242 e. The highest BCUT2D eigenvalue weighted by Gasteiger charge is 1.98. The number of benzene rings is 1. The second-order valence-corrected chi connectivity index (χ2v) is 4.23. The second kappa shape index (κ2) is 8.26. The largest absolute Gasteiger partial charge is 0.381 e. The molecule has 0 aliphatic rings. The van der Waals surface area contributed by atoms with Crippen molar-refractivity contribution in [2.24, 2.45) is 5.10 Å². The molecule has 1 amide bonds. The van der Waals surface area contributed by atoms with Gasteiger partial charge in [0.1, 0.15) is 0 Å². The number of hydrazone groups is 1. The van der Waals surface area contributed by atoms with Crippen molar-refractivity contribution in [2.75, 3.05) is 32.2 Å². The molecule has 5 nitrogen and oxygen atoms in total. The molecule has 0 radical (unpaired) electrons. The van der Waals surface area contributed by atoms with E-state index >= 15 is 0 Å². The number of amides is 1. The number of hydrogen-bond donors (Lipinski definition) is 1. The van der Waals surface area contributed by atoms with Crippen LogP contribution in [0.25, 0.3) is 0 Å². The van der Waals surface area contributed by atoms with Crippen LogP contribution < -0.4 is 10.3 Å². The third-order valence-corrected chi connectivity index (χ3v) is 2.49. The molecule has 1 rings (SSSR count). The molecule has 0 atom stereocenters. The zero-order valence-corrected chi connectivity index (χ0v) is 11.7. The molecule has 0 aliphatic carbocycles. The Kier molecular flexibility index (Phi) is 6.60. The third-order valence-electron chi connectivity index (χ3n) is 2.49. The number of carbonyl (C=O) groups is 1. The number of nitrogens with one attached hydrogen (secondary N) is 1. The van der Waals surface area contributed by atoms with Crippen molar-refractivity contribution in [3.8, 4) is 0 Å². The predicted octanol–water partition coefficient (Wildman–Crippen LogP) is 1.63. The van der Waals surface area contributed by atoms with Gasteiger partial charge in [-0.2, -0.15) is 5.10 Å². The van der Waals surface area contributed by atoms with E-state index in [1.807, 2.05) is 50.2 Å². The number of rotatable bonds is 7. The molecular formula is C14H21N3O2. The van der Waals surface area contributed by atoms with Gasteiger partial charge in [0.15, 0.2) is 0 Å². The van der Waals surface area contributed by atoms with Crippen LogP contribution in [0, 0.1) is 0 Å². The lowest BCUT2D eigenvalue weighted by molar-refractivity contribution is -0.122. The van der Waals surface area contributed by atoms with Gasteiger partial charge in [0, 0.05) is 26.4 Å². The Balaban J connectivity index is 2.37. The highest BCUT2D eigenvalue weighted by atomic mass is 16.5. The number of ether oxygens (including phenoxy) is 1. The van der Waals surface area contributed by atoms with Gasteiger partial charge in [0.25, 0.3) is 0 Å². The summed E-state index contributed by atoms with van der Waals surface area (Å²) in [6.45, 7) is 2.94. The average Bonchev–Trinajstić information content (AvgIpc) is 2.39. The van der Waals surface area contributed by atoms with E-state index in [1.54, 1.807) is 6.21 Å². The molecule has 0 aliphatic heterocycles. The van der Waals surface area contributed by atoms with Gasteiger partial charge in [0.05, 0.1) is 19.2 Å². The monoisotopic (exact) mass is 263 g/mol. The summed E-state index contributed by atoms with van der Waals surface area (Å²) in [4.78, 5) is 13.4. The van der Waals surface area contributed by atoms with Crippen molar-refractivity contribution in [1.82, 2.24) is 5.43 Å². The van der Waals surface area contributed by atoms with E-state index in [0.717, 1.165) is 11.3 Å². The number of anilines is 1. The van der Waals surface area contributed by atoms with E-state index in [9.17, 15) is 4.79 Å². The molecule has 0 fully saturated rings. The summed E-state index contributed by atoms with van der Waals surface area (Å²) in [6, 6.07) is 7.90. The molecule has 104 valence electrons. The summed E-state index contributed by atoms with van der Waals surface area (Å²) in [6.07, 6.45) is 1.95. The summed E-state index contributed by atoms with van der Waals surface area (Å²) >= 11 is 0. The molecule has 0 heterocycles. The van der Waals surface area contributed by atoms with E-state index in [0.29, 0.717) is 19.6 Å². The van der Waals surface area contributed by atoms with Crippen LogP contribution >= 0.6 is 0 Å². The molecule has 19 heavy (non-hydrogen) atoms. The Labute approximate surface area is 114 Å². The maximum Gasteiger partial charge on any atom is 0.242 e. The first-order valence-corrected chi connectivity index (χ1v) is 6.30. The molecule has 1 aromatic rings. The molecule has 1 N–H and O–H groups in total. The predicted molar refractivity (Wildman–Crippen MR) is 77.6 cm³/mol. The SMILES string of the molecule is CCOCCC(=O)N/N=C/c1ccc(N(C)C)cc1. The molecule has 0 bridgehead atoms. The van der Waals surface area contributed by atoms with Crippen LogP contribution in [0.4, 0.5) is 5.69 Å². The summed E-state index contributed by atoms with van der Waals surface area (Å²) in [5, 5.41) is 3.90. The van der Waals surface area contributed by atoms with Gasteiger partial charge in [-0.1, -0.05) is 12.1 Å². The number of carbonyl (C=O) groups excluding carboxylic acids is 1. The minimum atomic E-state index is -0.144. The van der Waals surface area contributed by atoms with Crippen LogP contribution in [-0.2, 0) is 9.53 Å². The Morgan fingerprint density at radius 3 is 2.63 bits per heavy atom. The van der Waals surface area contributed by atoms with Crippen LogP contribution in [0.3, 0.4) is 0 Å². The van der Waals surface area contributed by atoms with Crippen LogP contribution in [0.2, 0.25) is 0 Å². The van der Waals surface area contributed by atoms with Crippen molar-refractivity contribution >= 4 is 17.8 Å². The Morgan fingerprint density at radius 1 is 1.37 bits per heavy atom. The van der Waals surface area contributed by atoms with Gasteiger partial charge in [-0.05, 0) is 24.6 Å². The summed E-state index contributed by atoms with van der Waals surface area (Å²) in [7, 11) is 3.98. The van der Waals surface area contributed by atoms with Crippen LogP contribution in [0.15, 0.2) is 29.4 Å². The van der Waals surface area contributed by atoms with E-state index < -0.39 is 0 Å². The molecular weight excluding hydrogens is 242 g/mol. The van der Waals surface area contributed by atoms with Crippen LogP contribution in [0.5, 0.6) is 0 Å². The van der Waals surface area contributed by atoms with Gasteiger partial charge in [0.2, 0.25) is 5.91 Å². The molecule has 0 saturated carbocycles. The van der Waals surface area contributed by atoms with Crippen LogP contribution in [-0.4, -0.2) is 39.4 Å². The molecule has 0 spiro atoms. The normalized spacial score (nSPS) is 10.7. The molecule has 5 heteroatoms. The van der Waals surface area contributed by atoms with Crippen molar-refractivity contribution in [3.05, 3.63) is 29.8 Å². The third kappa shape index (κ3) is 6.01. The first-order chi connectivity index (χ1) is 9.13. The molecule has 0 unspecified atom stereocenters. The van der Waals surface area contributed by atoms with E-state index in [4.69, 9.17) is 4.74 Å². The van der Waals surface area contributed by atoms with Gasteiger partial charge >= 0.3 is 0 Å². The van der Waals surface area contributed by atoms with Crippen molar-refractivity contribution < 1.29 is 9.53 Å². The lowest BCUT2D eigenvalue weighted by Gasteiger charge is -2.11. The zero-order valence-electron chi connectivity index (χ0n) is 11.7. The lowest BCUT2D eigenvalue weighted by atomic mass is 10.2. The average molecular weight is 263 g/mol. The van der Waals surface area contributed by atoms with E-state index in [-0.39, 0.29) is 5.91 Å². The fourth-order valence-corrected chi connectivity index (χ4v) is 1.40. The van der Waals surface area contributed by atoms with Crippen molar-refractivity contribution in [2.45, 2.75) is 13.3 Å². The first kappa shape index (κ1) is 15.2. The minimum Gasteiger partial charge on any atom is -0.381 e. The van der Waals surface area contributed by atoms with E-state index in [2.05, 4.69) is 10.5 Å². The van der Waals surface area contributed by atoms with Crippen LogP contribution in [0.1, 0.15) is 18.9 Å². The van der Waals surface area contributed by atoms with Crippen molar-refractivity contribution in [3.63, 3.8) is 0 Å². The van der Waals surface area contributed by atoms with Gasteiger partial charge < -0.3 is 9.64 Å². The fraction of sp³-hybridized carbons (Fsp3) is 0.429. The molecule has 0 aromatic heterocycles. The highest BCUT2D eigenvalue weighted by molar-refractivity contribution is 5.82. The Bertz CT molecular complexity index is 413. The van der Waals surface area contributed by atoms with E-state index in [1.165, 1.54) is 0 Å². The standard InChI is InChI=1S/C14H21N3O2/c1-4-19-10-9-14(18)16-15-11-12-5-7-13(8-6-12)17(2)3/h5-8,11H,4,9-10H2,1-3H3,(H,16,18)/b15-11+. The quantitative estimate of drug-likeness (QED) is 0.462. The summed E-state index contributed by atoms with van der Waals surface area (Å²) in [5.74, 6) is -0.144. The lowest BCUT2D eigenvalue weighted by Crippen LogP contribution is -2.19. The minimum absolute atomic E-state index is 0.144. The number of hydrogen-bond acceptors (Lipinski definition) is 4. The van der Waals surface area contributed by atoms with Crippen molar-refractivity contribution in [1.29, 1.82) is 0 Å². The van der Waals surface area contributed by atoms with Gasteiger partial charge in [-0.25, -0.2) is 5.43 Å². The maximum absolute atomic E-state index is 11.3. The molecule has 1 aromatic carbocycles. The Morgan fingerprint density at radius 2 is 2.05 bits per heavy atom. The van der Waals surface area contributed by atoms with Gasteiger partial charge in [-0.3, -0.25) is 4.79 Å². The zero-order chi connectivity index (χ0) is 14.1. The topological polar surface area (TPSA) is 53.9 Å². The fourth-order valence-electron chi connectivity index (χ4n) is 1.40.